The molecule has 0 spiro atoms. The van der Waals surface area contributed by atoms with Gasteiger partial charge in [0, 0.05) is 37.7 Å². The average molecular weight is 318 g/mol. The maximum absolute atomic E-state index is 12.3. The van der Waals surface area contributed by atoms with Crippen molar-refractivity contribution in [1.82, 2.24) is 5.32 Å². The summed E-state index contributed by atoms with van der Waals surface area (Å²) in [6.45, 7) is 2.54. The molecule has 2 aliphatic heterocycles. The van der Waals surface area contributed by atoms with Crippen LogP contribution in [0.4, 0.5) is 5.69 Å². The van der Waals surface area contributed by atoms with E-state index in [9.17, 15) is 9.59 Å². The summed E-state index contributed by atoms with van der Waals surface area (Å²) >= 11 is 0. The Morgan fingerprint density at radius 1 is 1.39 bits per heavy atom. The molecule has 23 heavy (non-hydrogen) atoms. The normalized spacial score (nSPS) is 24.0. The molecule has 1 N–H and O–H groups in total. The van der Waals surface area contributed by atoms with E-state index in [1.54, 1.807) is 12.0 Å². The van der Waals surface area contributed by atoms with Crippen LogP contribution in [0.5, 0.6) is 5.75 Å². The quantitative estimate of drug-likeness (QED) is 0.886. The van der Waals surface area contributed by atoms with E-state index >= 15 is 0 Å². The Balaban J connectivity index is 1.56. The van der Waals surface area contributed by atoms with Crippen LogP contribution in [0.3, 0.4) is 0 Å². The van der Waals surface area contributed by atoms with Gasteiger partial charge in [0.1, 0.15) is 5.75 Å². The van der Waals surface area contributed by atoms with Crippen molar-refractivity contribution in [2.75, 3.05) is 38.3 Å². The van der Waals surface area contributed by atoms with Gasteiger partial charge in [-0.25, -0.2) is 0 Å². The minimum absolute atomic E-state index is 0.0143. The summed E-state index contributed by atoms with van der Waals surface area (Å²) in [4.78, 5) is 26.1. The monoisotopic (exact) mass is 318 g/mol. The molecule has 1 aromatic rings. The third-order valence-corrected chi connectivity index (χ3v) is 4.47. The van der Waals surface area contributed by atoms with E-state index in [1.807, 2.05) is 24.3 Å². The summed E-state index contributed by atoms with van der Waals surface area (Å²) < 4.78 is 10.4. The Kier molecular flexibility index (Phi) is 4.81. The molecule has 0 aliphatic carbocycles. The maximum atomic E-state index is 12.3. The Labute approximate surface area is 135 Å². The lowest BCUT2D eigenvalue weighted by Crippen LogP contribution is -2.36. The van der Waals surface area contributed by atoms with Crippen molar-refractivity contribution >= 4 is 17.5 Å². The summed E-state index contributed by atoms with van der Waals surface area (Å²) in [6.07, 6.45) is 1.25. The van der Waals surface area contributed by atoms with Gasteiger partial charge in [0.15, 0.2) is 0 Å². The van der Waals surface area contributed by atoms with E-state index in [-0.39, 0.29) is 24.2 Å². The van der Waals surface area contributed by atoms with Crippen molar-refractivity contribution in [3.05, 3.63) is 24.3 Å². The number of amides is 2. The van der Waals surface area contributed by atoms with E-state index in [0.717, 1.165) is 24.5 Å². The van der Waals surface area contributed by atoms with Crippen LogP contribution in [0, 0.1) is 11.8 Å². The zero-order valence-corrected chi connectivity index (χ0v) is 13.3. The first kappa shape index (κ1) is 15.8. The first-order valence-electron chi connectivity index (χ1n) is 7.97. The molecular weight excluding hydrogens is 296 g/mol. The number of hydrogen-bond acceptors (Lipinski definition) is 4. The predicted molar refractivity (Wildman–Crippen MR) is 85.4 cm³/mol. The van der Waals surface area contributed by atoms with Crippen molar-refractivity contribution in [2.24, 2.45) is 11.8 Å². The number of nitrogens with zero attached hydrogens (tertiary/aromatic N) is 1. The summed E-state index contributed by atoms with van der Waals surface area (Å²) in [5, 5.41) is 2.96. The lowest BCUT2D eigenvalue weighted by molar-refractivity contribution is -0.126. The summed E-state index contributed by atoms with van der Waals surface area (Å²) in [5.41, 5.74) is 0.801. The number of ether oxygens (including phenoxy) is 2. The van der Waals surface area contributed by atoms with Crippen molar-refractivity contribution in [3.8, 4) is 5.75 Å². The number of rotatable bonds is 5. The smallest absolute Gasteiger partial charge is 0.227 e. The Hall–Kier alpha value is -2.08. The van der Waals surface area contributed by atoms with Crippen LogP contribution in [0.15, 0.2) is 24.3 Å². The van der Waals surface area contributed by atoms with Crippen molar-refractivity contribution in [3.63, 3.8) is 0 Å². The third kappa shape index (κ3) is 3.64. The number of nitrogens with one attached hydrogen (secondary N) is 1. The van der Waals surface area contributed by atoms with E-state index in [2.05, 4.69) is 5.32 Å². The van der Waals surface area contributed by atoms with Crippen LogP contribution in [0.1, 0.15) is 12.8 Å². The Morgan fingerprint density at radius 3 is 2.83 bits per heavy atom. The third-order valence-electron chi connectivity index (χ3n) is 4.47. The highest BCUT2D eigenvalue weighted by molar-refractivity contribution is 6.00. The van der Waals surface area contributed by atoms with Crippen LogP contribution in [-0.4, -0.2) is 45.2 Å². The Bertz CT molecular complexity index is 566. The van der Waals surface area contributed by atoms with Crippen LogP contribution < -0.4 is 15.0 Å². The highest BCUT2D eigenvalue weighted by Crippen LogP contribution is 2.27. The van der Waals surface area contributed by atoms with Crippen LogP contribution in [0.2, 0.25) is 0 Å². The topological polar surface area (TPSA) is 67.9 Å². The number of carbonyl (C=O) groups is 2. The fourth-order valence-corrected chi connectivity index (χ4v) is 3.03. The molecule has 0 bridgehead atoms. The molecule has 2 amide bonds. The number of benzene rings is 1. The number of hydrogen-bond donors (Lipinski definition) is 1. The van der Waals surface area contributed by atoms with Crippen molar-refractivity contribution in [1.29, 1.82) is 0 Å². The Morgan fingerprint density at radius 2 is 2.17 bits per heavy atom. The zero-order chi connectivity index (χ0) is 16.2. The molecule has 1 aromatic carbocycles. The van der Waals surface area contributed by atoms with Gasteiger partial charge >= 0.3 is 0 Å². The van der Waals surface area contributed by atoms with Crippen LogP contribution in [0.25, 0.3) is 0 Å². The zero-order valence-electron chi connectivity index (χ0n) is 13.3. The first-order chi connectivity index (χ1) is 11.2. The van der Waals surface area contributed by atoms with Gasteiger partial charge in [0.05, 0.1) is 19.6 Å². The maximum Gasteiger partial charge on any atom is 0.227 e. The fourth-order valence-electron chi connectivity index (χ4n) is 3.03. The van der Waals surface area contributed by atoms with Crippen molar-refractivity contribution in [2.45, 2.75) is 12.8 Å². The molecule has 2 aliphatic rings. The summed E-state index contributed by atoms with van der Waals surface area (Å²) in [7, 11) is 1.60. The second-order valence-corrected chi connectivity index (χ2v) is 6.08. The average Bonchev–Trinajstić information content (AvgIpc) is 3.22. The second-order valence-electron chi connectivity index (χ2n) is 6.08. The van der Waals surface area contributed by atoms with Gasteiger partial charge < -0.3 is 19.7 Å². The molecule has 3 rings (SSSR count). The highest BCUT2D eigenvalue weighted by atomic mass is 16.5. The van der Waals surface area contributed by atoms with E-state index in [0.29, 0.717) is 25.6 Å². The van der Waals surface area contributed by atoms with Gasteiger partial charge in [-0.2, -0.15) is 0 Å². The molecule has 2 fully saturated rings. The minimum Gasteiger partial charge on any atom is -0.497 e. The van der Waals surface area contributed by atoms with E-state index in [1.165, 1.54) is 0 Å². The van der Waals surface area contributed by atoms with Crippen molar-refractivity contribution < 1.29 is 19.1 Å². The van der Waals surface area contributed by atoms with Crippen LogP contribution in [-0.2, 0) is 14.3 Å². The second kappa shape index (κ2) is 7.00. The SMILES string of the molecule is COc1ccc(N2C[C@H](C(=O)NC[C@@H]3CCOC3)CC2=O)cc1. The molecule has 0 saturated carbocycles. The molecule has 2 heterocycles. The summed E-state index contributed by atoms with van der Waals surface area (Å²) in [6, 6.07) is 7.31. The molecule has 124 valence electrons. The molecule has 0 unspecified atom stereocenters. The molecule has 2 saturated heterocycles. The number of methoxy groups -OCH3 is 1. The lowest BCUT2D eigenvalue weighted by atomic mass is 10.1. The first-order valence-corrected chi connectivity index (χ1v) is 7.97. The van der Waals surface area contributed by atoms with E-state index < -0.39 is 0 Å². The molecular formula is C17H22N2O4. The molecule has 0 radical (unpaired) electrons. The van der Waals surface area contributed by atoms with Crippen LogP contribution >= 0.6 is 0 Å². The highest BCUT2D eigenvalue weighted by Gasteiger charge is 2.35. The van der Waals surface area contributed by atoms with Gasteiger partial charge in [-0.05, 0) is 30.7 Å². The predicted octanol–water partition coefficient (Wildman–Crippen LogP) is 1.20. The van der Waals surface area contributed by atoms with Gasteiger partial charge in [-0.3, -0.25) is 9.59 Å². The molecule has 6 heteroatoms. The number of anilines is 1. The summed E-state index contributed by atoms with van der Waals surface area (Å²) in [5.74, 6) is 0.801. The lowest BCUT2D eigenvalue weighted by Gasteiger charge is -2.17. The van der Waals surface area contributed by atoms with E-state index in [4.69, 9.17) is 9.47 Å². The van der Waals surface area contributed by atoms with Gasteiger partial charge in [0.25, 0.3) is 0 Å². The van der Waals surface area contributed by atoms with Gasteiger partial charge in [0.2, 0.25) is 11.8 Å². The largest absolute Gasteiger partial charge is 0.497 e. The molecule has 2 atom stereocenters. The molecule has 6 nitrogen and oxygen atoms in total. The van der Waals surface area contributed by atoms with Gasteiger partial charge in [-0.1, -0.05) is 0 Å². The number of carbonyl (C=O) groups excluding carboxylic acids is 2. The fraction of sp³-hybridized carbons (Fsp3) is 0.529. The van der Waals surface area contributed by atoms with Gasteiger partial charge in [-0.15, -0.1) is 0 Å². The standard InChI is InChI=1S/C17H22N2O4/c1-22-15-4-2-14(3-5-15)19-10-13(8-16(19)20)17(21)18-9-12-6-7-23-11-12/h2-5,12-13H,6-11H2,1H3,(H,18,21)/t12-,13+/m0/s1. The minimum atomic E-state index is -0.285. The molecule has 0 aromatic heterocycles.